The Morgan fingerprint density at radius 2 is 2.21 bits per heavy atom. The van der Waals surface area contributed by atoms with Crippen LogP contribution in [0.15, 0.2) is 30.6 Å². The first-order valence-corrected chi connectivity index (χ1v) is 7.35. The van der Waals surface area contributed by atoms with Gasteiger partial charge in [-0.3, -0.25) is 14.6 Å². The van der Waals surface area contributed by atoms with Crippen molar-refractivity contribution in [3.8, 4) is 5.75 Å². The van der Waals surface area contributed by atoms with Gasteiger partial charge in [0.1, 0.15) is 11.6 Å². The van der Waals surface area contributed by atoms with Crippen molar-refractivity contribution >= 4 is 23.3 Å². The molecule has 1 aliphatic rings. The van der Waals surface area contributed by atoms with E-state index in [1.54, 1.807) is 38.6 Å². The van der Waals surface area contributed by atoms with E-state index in [0.717, 1.165) is 0 Å². The Labute approximate surface area is 138 Å². The van der Waals surface area contributed by atoms with E-state index in [1.807, 2.05) is 0 Å². The normalized spacial score (nSPS) is 12.7. The highest BCUT2D eigenvalue weighted by molar-refractivity contribution is 6.02. The van der Waals surface area contributed by atoms with Gasteiger partial charge in [0.25, 0.3) is 5.91 Å². The Morgan fingerprint density at radius 3 is 3.00 bits per heavy atom. The number of carbonyl (C=O) groups is 2. The minimum atomic E-state index is -0.213. The summed E-state index contributed by atoms with van der Waals surface area (Å²) >= 11 is 0. The van der Waals surface area contributed by atoms with Crippen LogP contribution in [0.25, 0.3) is 0 Å². The minimum absolute atomic E-state index is 0.164. The number of hydrogen-bond donors (Lipinski definition) is 2. The molecule has 2 amide bonds. The topological polar surface area (TPSA) is 96.4 Å². The van der Waals surface area contributed by atoms with Crippen LogP contribution in [-0.2, 0) is 11.3 Å². The van der Waals surface area contributed by atoms with Crippen LogP contribution in [0.1, 0.15) is 16.1 Å². The summed E-state index contributed by atoms with van der Waals surface area (Å²) in [6, 6.07) is 5.14. The number of methoxy groups -OCH3 is 1. The fraction of sp³-hybridized carbons (Fsp3) is 0.250. The molecule has 0 radical (unpaired) electrons. The van der Waals surface area contributed by atoms with Crippen molar-refractivity contribution in [3.05, 3.63) is 41.9 Å². The molecular weight excluding hydrogens is 310 g/mol. The van der Waals surface area contributed by atoms with Crippen LogP contribution in [0, 0.1) is 0 Å². The molecule has 0 atom stereocenters. The second kappa shape index (κ2) is 6.53. The zero-order valence-corrected chi connectivity index (χ0v) is 13.4. The van der Waals surface area contributed by atoms with Crippen LogP contribution < -0.4 is 15.4 Å². The van der Waals surface area contributed by atoms with E-state index in [-0.39, 0.29) is 18.4 Å². The molecule has 2 aromatic rings. The zero-order chi connectivity index (χ0) is 17.1. The molecule has 0 fully saturated rings. The van der Waals surface area contributed by atoms with Gasteiger partial charge in [-0.1, -0.05) is 0 Å². The Hall–Kier alpha value is -3.16. The van der Waals surface area contributed by atoms with Gasteiger partial charge in [0.05, 0.1) is 37.1 Å². The third-order valence-electron chi connectivity index (χ3n) is 3.59. The third-order valence-corrected chi connectivity index (χ3v) is 3.59. The number of fused-ring (bicyclic) bond motifs is 1. The predicted molar refractivity (Wildman–Crippen MR) is 87.9 cm³/mol. The second-order valence-corrected chi connectivity index (χ2v) is 5.37. The monoisotopic (exact) mass is 327 g/mol. The van der Waals surface area contributed by atoms with E-state index in [2.05, 4.69) is 20.6 Å². The van der Waals surface area contributed by atoms with Gasteiger partial charge in [0, 0.05) is 25.5 Å². The molecule has 2 aromatic heterocycles. The summed E-state index contributed by atoms with van der Waals surface area (Å²) in [4.78, 5) is 33.9. The summed E-state index contributed by atoms with van der Waals surface area (Å²) in [5, 5.41) is 5.58. The van der Waals surface area contributed by atoms with Gasteiger partial charge in [0.2, 0.25) is 5.91 Å². The number of carbonyl (C=O) groups excluding carboxylic acids is 2. The highest BCUT2D eigenvalue weighted by Crippen LogP contribution is 2.23. The summed E-state index contributed by atoms with van der Waals surface area (Å²) in [5.74, 6) is 0.867. The average Bonchev–Trinajstić information content (AvgIpc) is 2.60. The average molecular weight is 327 g/mol. The summed E-state index contributed by atoms with van der Waals surface area (Å²) in [5.41, 5.74) is 1.61. The Balaban J connectivity index is 1.75. The van der Waals surface area contributed by atoms with Gasteiger partial charge >= 0.3 is 0 Å². The number of pyridine rings is 2. The smallest absolute Gasteiger partial charge is 0.255 e. The third kappa shape index (κ3) is 3.27. The molecule has 0 saturated carbocycles. The SMILES string of the molecule is COc1ccnc(CN(C)C(=O)c2cnc3c(c2)NC(=O)CN3)c1. The van der Waals surface area contributed by atoms with E-state index in [1.165, 1.54) is 11.1 Å². The van der Waals surface area contributed by atoms with Gasteiger partial charge < -0.3 is 20.3 Å². The molecule has 1 aliphatic heterocycles. The van der Waals surface area contributed by atoms with E-state index < -0.39 is 0 Å². The predicted octanol–water partition coefficient (Wildman–Crippen LogP) is 1.12. The van der Waals surface area contributed by atoms with Gasteiger partial charge in [-0.15, -0.1) is 0 Å². The second-order valence-electron chi connectivity index (χ2n) is 5.37. The Bertz CT molecular complexity index is 793. The molecule has 124 valence electrons. The number of rotatable bonds is 4. The highest BCUT2D eigenvalue weighted by Gasteiger charge is 2.19. The van der Waals surface area contributed by atoms with Crippen molar-refractivity contribution in [2.24, 2.45) is 0 Å². The van der Waals surface area contributed by atoms with E-state index >= 15 is 0 Å². The standard InChI is InChI=1S/C16H17N5O3/c1-21(9-11-6-12(24-2)3-4-17-11)16(23)10-5-13-15(18-7-10)19-8-14(22)20-13/h3-7H,8-9H2,1-2H3,(H,18,19)(H,20,22). The lowest BCUT2D eigenvalue weighted by molar-refractivity contribution is -0.114. The van der Waals surface area contributed by atoms with Crippen LogP contribution >= 0.6 is 0 Å². The van der Waals surface area contributed by atoms with Gasteiger partial charge in [0.15, 0.2) is 0 Å². The van der Waals surface area contributed by atoms with Crippen LogP contribution in [0.4, 0.5) is 11.5 Å². The zero-order valence-electron chi connectivity index (χ0n) is 13.4. The lowest BCUT2D eigenvalue weighted by Crippen LogP contribution is -2.30. The lowest BCUT2D eigenvalue weighted by Gasteiger charge is -2.20. The largest absolute Gasteiger partial charge is 0.497 e. The number of hydrogen-bond acceptors (Lipinski definition) is 6. The Kier molecular flexibility index (Phi) is 4.28. The molecule has 0 aliphatic carbocycles. The van der Waals surface area contributed by atoms with Crippen molar-refractivity contribution in [1.82, 2.24) is 14.9 Å². The molecule has 0 spiro atoms. The molecule has 0 bridgehead atoms. The quantitative estimate of drug-likeness (QED) is 0.873. The first-order valence-electron chi connectivity index (χ1n) is 7.35. The number of anilines is 2. The number of aromatic nitrogens is 2. The maximum Gasteiger partial charge on any atom is 0.255 e. The number of amides is 2. The van der Waals surface area contributed by atoms with Crippen molar-refractivity contribution in [2.45, 2.75) is 6.54 Å². The van der Waals surface area contributed by atoms with Gasteiger partial charge in [-0.25, -0.2) is 4.98 Å². The van der Waals surface area contributed by atoms with Crippen LogP contribution in [0.5, 0.6) is 5.75 Å². The Morgan fingerprint density at radius 1 is 1.38 bits per heavy atom. The summed E-state index contributed by atoms with van der Waals surface area (Å²) < 4.78 is 5.15. The van der Waals surface area contributed by atoms with Crippen molar-refractivity contribution in [2.75, 3.05) is 31.3 Å². The van der Waals surface area contributed by atoms with E-state index in [9.17, 15) is 9.59 Å². The molecule has 3 heterocycles. The highest BCUT2D eigenvalue weighted by atomic mass is 16.5. The summed E-state index contributed by atoms with van der Waals surface area (Å²) in [6.07, 6.45) is 3.12. The number of nitrogens with zero attached hydrogens (tertiary/aromatic N) is 3. The fourth-order valence-electron chi connectivity index (χ4n) is 2.38. The molecule has 0 aromatic carbocycles. The van der Waals surface area contributed by atoms with Gasteiger partial charge in [-0.2, -0.15) is 0 Å². The van der Waals surface area contributed by atoms with Crippen molar-refractivity contribution in [3.63, 3.8) is 0 Å². The molecule has 2 N–H and O–H groups in total. The summed E-state index contributed by atoms with van der Waals surface area (Å²) in [6.45, 7) is 0.506. The van der Waals surface area contributed by atoms with Crippen LogP contribution in [-0.4, -0.2) is 47.4 Å². The number of nitrogens with one attached hydrogen (secondary N) is 2. The molecular formula is C16H17N5O3. The maximum atomic E-state index is 12.6. The summed E-state index contributed by atoms with van der Waals surface area (Å²) in [7, 11) is 3.26. The molecule has 8 nitrogen and oxygen atoms in total. The molecule has 24 heavy (non-hydrogen) atoms. The first kappa shape index (κ1) is 15.7. The molecule has 3 rings (SSSR count). The van der Waals surface area contributed by atoms with Crippen LogP contribution in [0.2, 0.25) is 0 Å². The maximum absolute atomic E-state index is 12.6. The lowest BCUT2D eigenvalue weighted by atomic mass is 10.2. The van der Waals surface area contributed by atoms with Crippen molar-refractivity contribution in [1.29, 1.82) is 0 Å². The molecule has 0 saturated heterocycles. The minimum Gasteiger partial charge on any atom is -0.497 e. The van der Waals surface area contributed by atoms with Crippen LogP contribution in [0.3, 0.4) is 0 Å². The first-order chi connectivity index (χ1) is 11.6. The van der Waals surface area contributed by atoms with Gasteiger partial charge in [-0.05, 0) is 12.1 Å². The van der Waals surface area contributed by atoms with Crippen molar-refractivity contribution < 1.29 is 14.3 Å². The van der Waals surface area contributed by atoms with E-state index in [4.69, 9.17) is 4.74 Å². The fourth-order valence-corrected chi connectivity index (χ4v) is 2.38. The van der Waals surface area contributed by atoms with E-state index in [0.29, 0.717) is 35.1 Å². The molecule has 8 heteroatoms. The molecule has 0 unspecified atom stereocenters. The number of ether oxygens (including phenoxy) is 1.